The van der Waals surface area contributed by atoms with E-state index in [1.807, 2.05) is 38.1 Å². The van der Waals surface area contributed by atoms with Crippen LogP contribution in [0, 0.1) is 20.8 Å². The van der Waals surface area contributed by atoms with E-state index in [-0.39, 0.29) is 0 Å². The zero-order chi connectivity index (χ0) is 17.3. The van der Waals surface area contributed by atoms with Crippen molar-refractivity contribution >= 4 is 15.7 Å². The van der Waals surface area contributed by atoms with E-state index in [2.05, 4.69) is 14.9 Å². The summed E-state index contributed by atoms with van der Waals surface area (Å²) in [5.41, 5.74) is 5.01. The first-order valence-electron chi connectivity index (χ1n) is 7.58. The summed E-state index contributed by atoms with van der Waals surface area (Å²) in [4.78, 5) is 0.292. The highest BCUT2D eigenvalue weighted by molar-refractivity contribution is 7.92. The number of rotatable bonds is 4. The molecule has 0 unspecified atom stereocenters. The fraction of sp³-hybridized carbons (Fsp3) is 0.167. The quantitative estimate of drug-likeness (QED) is 0.758. The molecule has 0 bridgehead atoms. The molecule has 3 rings (SSSR count). The molecule has 24 heavy (non-hydrogen) atoms. The molecule has 0 radical (unpaired) electrons. The van der Waals surface area contributed by atoms with Crippen LogP contribution in [-0.4, -0.2) is 18.6 Å². The fourth-order valence-electron chi connectivity index (χ4n) is 2.59. The molecule has 0 aliphatic rings. The minimum Gasteiger partial charge on any atom is -0.282 e. The second-order valence-corrected chi connectivity index (χ2v) is 7.54. The number of hydrogen-bond acceptors (Lipinski definition) is 3. The smallest absolute Gasteiger partial charge is 0.262 e. The van der Waals surface area contributed by atoms with Gasteiger partial charge in [0.05, 0.1) is 10.6 Å². The summed E-state index contributed by atoms with van der Waals surface area (Å²) in [6.07, 6.45) is 0. The lowest BCUT2D eigenvalue weighted by Gasteiger charge is -2.11. The molecule has 5 nitrogen and oxygen atoms in total. The van der Waals surface area contributed by atoms with Crippen LogP contribution < -0.4 is 4.72 Å². The molecule has 0 atom stereocenters. The number of sulfonamides is 1. The lowest BCUT2D eigenvalue weighted by atomic mass is 10.1. The van der Waals surface area contributed by atoms with E-state index < -0.39 is 10.0 Å². The Labute approximate surface area is 141 Å². The van der Waals surface area contributed by atoms with Crippen LogP contribution in [0.5, 0.6) is 0 Å². The van der Waals surface area contributed by atoms with Crippen LogP contribution in [-0.2, 0) is 10.0 Å². The van der Waals surface area contributed by atoms with E-state index >= 15 is 0 Å². The summed E-state index contributed by atoms with van der Waals surface area (Å²) >= 11 is 0. The molecule has 2 N–H and O–H groups in total. The highest BCUT2D eigenvalue weighted by Crippen LogP contribution is 2.23. The van der Waals surface area contributed by atoms with Crippen LogP contribution in [0.1, 0.15) is 16.8 Å². The van der Waals surface area contributed by atoms with Crippen LogP contribution in [0.4, 0.5) is 5.69 Å². The Balaban J connectivity index is 1.85. The maximum absolute atomic E-state index is 12.6. The van der Waals surface area contributed by atoms with E-state index in [0.717, 1.165) is 28.1 Å². The van der Waals surface area contributed by atoms with Crippen molar-refractivity contribution in [1.82, 2.24) is 10.2 Å². The third-order valence-electron chi connectivity index (χ3n) is 3.76. The van der Waals surface area contributed by atoms with Gasteiger partial charge in [0.1, 0.15) is 0 Å². The van der Waals surface area contributed by atoms with Gasteiger partial charge in [-0.15, -0.1) is 0 Å². The summed E-state index contributed by atoms with van der Waals surface area (Å²) < 4.78 is 27.7. The highest BCUT2D eigenvalue weighted by Gasteiger charge is 2.17. The molecule has 1 heterocycles. The third-order valence-corrected chi connectivity index (χ3v) is 5.30. The van der Waals surface area contributed by atoms with Gasteiger partial charge in [-0.1, -0.05) is 29.8 Å². The molecule has 0 fully saturated rings. The number of aromatic amines is 1. The van der Waals surface area contributed by atoms with Gasteiger partial charge in [-0.05, 0) is 50.6 Å². The molecule has 2 aromatic carbocycles. The number of aromatic nitrogens is 2. The Morgan fingerprint density at radius 3 is 2.25 bits per heavy atom. The van der Waals surface area contributed by atoms with Crippen LogP contribution in [0.3, 0.4) is 0 Å². The molecule has 0 spiro atoms. The van der Waals surface area contributed by atoms with Gasteiger partial charge in [0.15, 0.2) is 0 Å². The van der Waals surface area contributed by atoms with Gasteiger partial charge < -0.3 is 0 Å². The van der Waals surface area contributed by atoms with E-state index in [1.165, 1.54) is 0 Å². The first kappa shape index (κ1) is 16.3. The van der Waals surface area contributed by atoms with Crippen LogP contribution in [0.25, 0.3) is 11.3 Å². The van der Waals surface area contributed by atoms with Crippen LogP contribution >= 0.6 is 0 Å². The SMILES string of the molecule is Cc1ccc(S(=O)(=O)Nc2ccc(-c3cc(C)[nH]n3)cc2)c(C)c1. The second-order valence-electron chi connectivity index (χ2n) is 5.89. The average Bonchev–Trinajstić information content (AvgIpc) is 2.93. The van der Waals surface area contributed by atoms with Gasteiger partial charge in [-0.3, -0.25) is 9.82 Å². The summed E-state index contributed by atoms with van der Waals surface area (Å²) in [6, 6.07) is 14.4. The predicted octanol–water partition coefficient (Wildman–Crippen LogP) is 3.80. The molecule has 1 aromatic heterocycles. The van der Waals surface area contributed by atoms with Gasteiger partial charge in [0.2, 0.25) is 0 Å². The van der Waals surface area contributed by atoms with Gasteiger partial charge in [-0.25, -0.2) is 8.42 Å². The number of benzene rings is 2. The zero-order valence-electron chi connectivity index (χ0n) is 13.8. The summed E-state index contributed by atoms with van der Waals surface area (Å²) in [6.45, 7) is 5.67. The Kier molecular flexibility index (Phi) is 4.15. The second kappa shape index (κ2) is 6.13. The number of hydrogen-bond donors (Lipinski definition) is 2. The lowest BCUT2D eigenvalue weighted by molar-refractivity contribution is 0.600. The van der Waals surface area contributed by atoms with Gasteiger partial charge in [0, 0.05) is 16.9 Å². The zero-order valence-corrected chi connectivity index (χ0v) is 14.6. The van der Waals surface area contributed by atoms with Gasteiger partial charge in [-0.2, -0.15) is 5.10 Å². The Hall–Kier alpha value is -2.60. The van der Waals surface area contributed by atoms with E-state index in [0.29, 0.717) is 10.6 Å². The molecule has 6 heteroatoms. The molecule has 0 amide bonds. The number of aryl methyl sites for hydroxylation is 3. The molecule has 0 aliphatic carbocycles. The fourth-order valence-corrected chi connectivity index (χ4v) is 3.87. The van der Waals surface area contributed by atoms with E-state index in [1.54, 1.807) is 31.2 Å². The molecular formula is C18H19N3O2S. The standard InChI is InChI=1S/C18H19N3O2S/c1-12-4-9-18(13(2)10-12)24(22,23)21-16-7-5-15(6-8-16)17-11-14(3)19-20-17/h4-11,21H,1-3H3,(H,19,20). The monoisotopic (exact) mass is 341 g/mol. The molecule has 3 aromatic rings. The van der Waals surface area contributed by atoms with Crippen molar-refractivity contribution in [3.05, 3.63) is 65.4 Å². The van der Waals surface area contributed by atoms with Crippen molar-refractivity contribution in [2.75, 3.05) is 4.72 Å². The first-order valence-corrected chi connectivity index (χ1v) is 9.06. The Morgan fingerprint density at radius 1 is 0.958 bits per heavy atom. The van der Waals surface area contributed by atoms with Crippen molar-refractivity contribution < 1.29 is 8.42 Å². The summed E-state index contributed by atoms with van der Waals surface area (Å²) in [7, 11) is -3.61. The molecule has 0 saturated carbocycles. The van der Waals surface area contributed by atoms with Crippen molar-refractivity contribution in [1.29, 1.82) is 0 Å². The van der Waals surface area contributed by atoms with Crippen molar-refractivity contribution in [2.24, 2.45) is 0 Å². The van der Waals surface area contributed by atoms with Crippen molar-refractivity contribution in [2.45, 2.75) is 25.7 Å². The van der Waals surface area contributed by atoms with Crippen LogP contribution in [0.15, 0.2) is 53.4 Å². The largest absolute Gasteiger partial charge is 0.282 e. The van der Waals surface area contributed by atoms with Crippen molar-refractivity contribution in [3.63, 3.8) is 0 Å². The maximum Gasteiger partial charge on any atom is 0.262 e. The Morgan fingerprint density at radius 2 is 1.67 bits per heavy atom. The van der Waals surface area contributed by atoms with Crippen molar-refractivity contribution in [3.8, 4) is 11.3 Å². The number of nitrogens with zero attached hydrogens (tertiary/aromatic N) is 1. The minimum absolute atomic E-state index is 0.292. The third kappa shape index (κ3) is 3.33. The highest BCUT2D eigenvalue weighted by atomic mass is 32.2. The number of anilines is 1. The van der Waals surface area contributed by atoms with Gasteiger partial charge >= 0.3 is 0 Å². The van der Waals surface area contributed by atoms with Gasteiger partial charge in [0.25, 0.3) is 10.0 Å². The average molecular weight is 341 g/mol. The first-order chi connectivity index (χ1) is 11.3. The summed E-state index contributed by atoms with van der Waals surface area (Å²) in [5, 5.41) is 7.08. The Bertz CT molecular complexity index is 974. The van der Waals surface area contributed by atoms with E-state index in [4.69, 9.17) is 0 Å². The minimum atomic E-state index is -3.61. The molecule has 0 aliphatic heterocycles. The lowest BCUT2D eigenvalue weighted by Crippen LogP contribution is -2.14. The number of H-pyrrole nitrogens is 1. The predicted molar refractivity (Wildman–Crippen MR) is 95.5 cm³/mol. The molecule has 0 saturated heterocycles. The topological polar surface area (TPSA) is 74.8 Å². The maximum atomic E-state index is 12.6. The summed E-state index contributed by atoms with van der Waals surface area (Å²) in [5.74, 6) is 0. The normalized spacial score (nSPS) is 11.5. The molecular weight excluding hydrogens is 322 g/mol. The number of nitrogens with one attached hydrogen (secondary N) is 2. The van der Waals surface area contributed by atoms with E-state index in [9.17, 15) is 8.42 Å². The molecule has 124 valence electrons. The van der Waals surface area contributed by atoms with Crippen LogP contribution in [0.2, 0.25) is 0 Å².